The van der Waals surface area contributed by atoms with Gasteiger partial charge in [0, 0.05) is 6.42 Å². The molecule has 122 valence electrons. The van der Waals surface area contributed by atoms with Gasteiger partial charge >= 0.3 is 7.60 Å². The van der Waals surface area contributed by atoms with E-state index >= 15 is 0 Å². The number of rotatable bonds is 7. The molecule has 0 saturated carbocycles. The summed E-state index contributed by atoms with van der Waals surface area (Å²) in [5.41, 5.74) is 4.86. The maximum absolute atomic E-state index is 11.5. The highest BCUT2D eigenvalue weighted by Crippen LogP contribution is 2.33. The average Bonchev–Trinajstić information content (AvgIpc) is 2.77. The second kappa shape index (κ2) is 6.42. The summed E-state index contributed by atoms with van der Waals surface area (Å²) < 4.78 is 16.2. The molecule has 0 aliphatic rings. The fourth-order valence-electron chi connectivity index (χ4n) is 1.54. The quantitative estimate of drug-likeness (QED) is 0.215. The highest BCUT2D eigenvalue weighted by Gasteiger charge is 2.15. The maximum Gasteiger partial charge on any atom is 0.350 e. The van der Waals surface area contributed by atoms with E-state index < -0.39 is 25.8 Å². The Labute approximate surface area is 122 Å². The lowest BCUT2D eigenvalue weighted by Crippen LogP contribution is -2.26. The van der Waals surface area contributed by atoms with Crippen molar-refractivity contribution in [3.63, 3.8) is 0 Å². The van der Waals surface area contributed by atoms with Gasteiger partial charge in [0.05, 0.1) is 6.61 Å². The summed E-state index contributed by atoms with van der Waals surface area (Å²) in [6.07, 6.45) is -1.05. The zero-order valence-electron chi connectivity index (χ0n) is 11.1. The lowest BCUT2D eigenvalue weighted by atomic mass is 10.4. The molecule has 0 aliphatic heterocycles. The largest absolute Gasteiger partial charge is 0.379 e. The molecule has 2 rings (SSSR count). The molecule has 1 unspecified atom stereocenters. The molecule has 0 aromatic carbocycles. The van der Waals surface area contributed by atoms with Crippen LogP contribution >= 0.6 is 7.60 Å². The molecule has 13 heteroatoms. The minimum absolute atomic E-state index is 0.0147. The summed E-state index contributed by atoms with van der Waals surface area (Å²) in [5.74, 6) is -0.137. The van der Waals surface area contributed by atoms with E-state index in [1.54, 1.807) is 0 Å². The van der Waals surface area contributed by atoms with Crippen molar-refractivity contribution in [2.75, 3.05) is 18.7 Å². The second-order valence-corrected chi connectivity index (χ2v) is 5.83. The van der Waals surface area contributed by atoms with E-state index in [-0.39, 0.29) is 30.1 Å². The number of aromatic amines is 1. The smallest absolute Gasteiger partial charge is 0.350 e. The third-order valence-electron chi connectivity index (χ3n) is 2.40. The van der Waals surface area contributed by atoms with Gasteiger partial charge in [0.2, 0.25) is 17.9 Å². The van der Waals surface area contributed by atoms with E-state index in [2.05, 4.69) is 15.0 Å². The summed E-state index contributed by atoms with van der Waals surface area (Å²) in [6.45, 7) is -0.144. The third-order valence-corrected chi connectivity index (χ3v) is 2.92. The molecule has 2 aromatic heterocycles. The highest BCUT2D eigenvalue weighted by atomic mass is 31.2. The number of nitrogen functional groups attached to an aromatic ring is 1. The van der Waals surface area contributed by atoms with Crippen molar-refractivity contribution in [2.45, 2.75) is 12.7 Å². The first-order chi connectivity index (χ1) is 10.3. The Morgan fingerprint density at radius 3 is 2.91 bits per heavy atom. The van der Waals surface area contributed by atoms with Crippen LogP contribution in [-0.2, 0) is 9.30 Å². The molecule has 22 heavy (non-hydrogen) atoms. The lowest BCUT2D eigenvalue weighted by molar-refractivity contribution is -0.113. The Bertz CT molecular complexity index is 752. The molecule has 0 fully saturated rings. The highest BCUT2D eigenvalue weighted by molar-refractivity contribution is 7.51. The van der Waals surface area contributed by atoms with E-state index in [4.69, 9.17) is 25.1 Å². The van der Waals surface area contributed by atoms with Crippen molar-refractivity contribution < 1.29 is 29.0 Å². The van der Waals surface area contributed by atoms with Crippen LogP contribution in [0.15, 0.2) is 11.1 Å². The molecule has 0 bridgehead atoms. The molecular weight excluding hydrogens is 321 g/mol. The molecular formula is C9H14N5O7P. The predicted molar refractivity (Wildman–Crippen MR) is 72.6 cm³/mol. The van der Waals surface area contributed by atoms with E-state index in [0.29, 0.717) is 0 Å². The van der Waals surface area contributed by atoms with Crippen molar-refractivity contribution in [1.82, 2.24) is 19.7 Å². The summed E-state index contributed by atoms with van der Waals surface area (Å²) in [4.78, 5) is 43.7. The zero-order chi connectivity index (χ0) is 16.3. The predicted octanol–water partition coefficient (Wildman–Crippen LogP) is -2.01. The number of hydrogen-bond donors (Lipinski definition) is 5. The Kier molecular flexibility index (Phi) is 4.78. The van der Waals surface area contributed by atoms with Crippen molar-refractivity contribution in [2.24, 2.45) is 0 Å². The molecule has 0 spiro atoms. The number of nitrogens with two attached hydrogens (primary N) is 1. The Morgan fingerprint density at radius 1 is 1.50 bits per heavy atom. The van der Waals surface area contributed by atoms with Crippen LogP contribution in [0.3, 0.4) is 0 Å². The van der Waals surface area contributed by atoms with Gasteiger partial charge in [0.25, 0.3) is 5.56 Å². The minimum atomic E-state index is -4.25. The molecule has 6 N–H and O–H groups in total. The van der Waals surface area contributed by atoms with Gasteiger partial charge in [0.1, 0.15) is 12.7 Å². The number of ether oxygens (including phenoxy) is 1. The van der Waals surface area contributed by atoms with E-state index in [9.17, 15) is 14.5 Å². The summed E-state index contributed by atoms with van der Waals surface area (Å²) in [6, 6.07) is 0. The van der Waals surface area contributed by atoms with Crippen molar-refractivity contribution in [3.05, 3.63) is 16.7 Å². The second-order valence-electron chi connectivity index (χ2n) is 4.24. The molecule has 0 radical (unpaired) electrons. The number of fused-ring (bicyclic) bond motifs is 1. The molecule has 0 amide bonds. The lowest BCUT2D eigenvalue weighted by Gasteiger charge is -2.13. The topological polar surface area (TPSA) is 186 Å². The fourth-order valence-corrected chi connectivity index (χ4v) is 1.90. The van der Waals surface area contributed by atoms with Gasteiger partial charge in [-0.2, -0.15) is 4.98 Å². The van der Waals surface area contributed by atoms with Crippen molar-refractivity contribution in [3.8, 4) is 0 Å². The number of aliphatic hydroxyl groups is 1. The van der Waals surface area contributed by atoms with Crippen LogP contribution in [0.5, 0.6) is 0 Å². The number of H-pyrrole nitrogens is 1. The van der Waals surface area contributed by atoms with Gasteiger partial charge in [-0.3, -0.25) is 14.3 Å². The Hall–Kier alpha value is -1.98. The number of anilines is 1. The molecule has 12 nitrogen and oxygen atoms in total. The molecule has 0 saturated heterocycles. The fraction of sp³-hybridized carbons (Fsp3) is 0.444. The summed E-state index contributed by atoms with van der Waals surface area (Å²) in [7, 11) is -4.25. The van der Waals surface area contributed by atoms with Crippen LogP contribution < -0.4 is 16.1 Å². The van der Waals surface area contributed by atoms with Gasteiger partial charge in [0.15, 0.2) is 5.52 Å². The summed E-state index contributed by atoms with van der Waals surface area (Å²) in [5, 5.41) is 9.66. The van der Waals surface area contributed by atoms with Crippen LogP contribution in [0.25, 0.3) is 11.2 Å². The number of nitrogens with zero attached hydrogens (tertiary/aromatic N) is 3. The van der Waals surface area contributed by atoms with Crippen LogP contribution in [0.1, 0.15) is 6.42 Å². The zero-order valence-corrected chi connectivity index (χ0v) is 12.0. The number of nitrogens with one attached hydrogen (secondary N) is 1. The van der Waals surface area contributed by atoms with Crippen LogP contribution in [0.2, 0.25) is 0 Å². The van der Waals surface area contributed by atoms with Gasteiger partial charge in [-0.25, -0.2) is 4.98 Å². The van der Waals surface area contributed by atoms with E-state index in [1.807, 2.05) is 0 Å². The molecule has 2 aromatic rings. The van der Waals surface area contributed by atoms with E-state index in [0.717, 1.165) is 11.1 Å². The van der Waals surface area contributed by atoms with Crippen molar-refractivity contribution >= 4 is 24.7 Å². The number of hydrogen-bond acceptors (Lipinski definition) is 8. The molecule has 1 atom stereocenters. The summed E-state index contributed by atoms with van der Waals surface area (Å²) >= 11 is 0. The van der Waals surface area contributed by atoms with Gasteiger partial charge in [-0.1, -0.05) is 0 Å². The van der Waals surface area contributed by atoms with Gasteiger partial charge in [-0.15, -0.1) is 4.73 Å². The first kappa shape index (κ1) is 16.4. The number of imidazole rings is 1. The standard InChI is InChI=1S/C9H14N5O7P/c10-9-12-7-6(8(16)13-9)11-3-14(7)21-5(15)1-2-20-4-22(17,18)19/h3,5,15H,1-2,4H2,(H2,17,18,19)(H3,10,12,13,16). The SMILES string of the molecule is Nc1nc2c(ncn2OC(O)CCOCP(=O)(O)O)c(=O)[nH]1. The van der Waals surface area contributed by atoms with Crippen LogP contribution in [0, 0.1) is 0 Å². The first-order valence-corrected chi connectivity index (χ1v) is 7.76. The number of aliphatic hydroxyl groups excluding tert-OH is 1. The van der Waals surface area contributed by atoms with Gasteiger partial charge < -0.3 is 30.2 Å². The van der Waals surface area contributed by atoms with Gasteiger partial charge in [-0.05, 0) is 0 Å². The normalized spacial score (nSPS) is 13.4. The maximum atomic E-state index is 11.5. The molecule has 2 heterocycles. The van der Waals surface area contributed by atoms with Crippen molar-refractivity contribution in [1.29, 1.82) is 0 Å². The average molecular weight is 335 g/mol. The third kappa shape index (κ3) is 4.26. The van der Waals surface area contributed by atoms with E-state index in [1.165, 1.54) is 0 Å². The van der Waals surface area contributed by atoms with Crippen LogP contribution in [0.4, 0.5) is 5.95 Å². The van der Waals surface area contributed by atoms with Crippen LogP contribution in [-0.4, -0.2) is 53.8 Å². The Morgan fingerprint density at radius 2 is 2.23 bits per heavy atom. The first-order valence-electron chi connectivity index (χ1n) is 5.96. The molecule has 0 aliphatic carbocycles. The Balaban J connectivity index is 1.96. The number of aromatic nitrogens is 4. The minimum Gasteiger partial charge on any atom is -0.379 e. The monoisotopic (exact) mass is 335 g/mol.